The van der Waals surface area contributed by atoms with Crippen LogP contribution in [-0.2, 0) is 4.74 Å². The molecule has 0 aromatic heterocycles. The SMILES string of the molecule is CCNCC1CC12CCCOC2. The molecule has 1 saturated carbocycles. The Morgan fingerprint density at radius 3 is 3.17 bits per heavy atom. The predicted molar refractivity (Wildman–Crippen MR) is 49.1 cm³/mol. The number of ether oxygens (including phenoxy) is 1. The first kappa shape index (κ1) is 8.52. The summed E-state index contributed by atoms with van der Waals surface area (Å²) in [4.78, 5) is 0. The third-order valence-electron chi connectivity index (χ3n) is 3.35. The van der Waals surface area contributed by atoms with E-state index in [0.29, 0.717) is 5.41 Å². The Balaban J connectivity index is 1.75. The van der Waals surface area contributed by atoms with Crippen LogP contribution in [0.1, 0.15) is 26.2 Å². The van der Waals surface area contributed by atoms with Crippen LogP contribution in [0.3, 0.4) is 0 Å². The van der Waals surface area contributed by atoms with Gasteiger partial charge in [0.15, 0.2) is 0 Å². The van der Waals surface area contributed by atoms with E-state index >= 15 is 0 Å². The summed E-state index contributed by atoms with van der Waals surface area (Å²) in [5, 5.41) is 3.43. The van der Waals surface area contributed by atoms with Crippen LogP contribution in [0, 0.1) is 11.3 Å². The molecule has 70 valence electrons. The van der Waals surface area contributed by atoms with Gasteiger partial charge in [-0.25, -0.2) is 0 Å². The lowest BCUT2D eigenvalue weighted by atomic mass is 9.96. The van der Waals surface area contributed by atoms with Crippen LogP contribution < -0.4 is 5.32 Å². The van der Waals surface area contributed by atoms with E-state index in [4.69, 9.17) is 4.74 Å². The molecule has 2 fully saturated rings. The molecule has 0 aromatic rings. The molecule has 1 aliphatic heterocycles. The quantitative estimate of drug-likeness (QED) is 0.689. The Labute approximate surface area is 74.7 Å². The van der Waals surface area contributed by atoms with Crippen molar-refractivity contribution in [2.45, 2.75) is 26.2 Å². The van der Waals surface area contributed by atoms with E-state index in [1.165, 1.54) is 25.8 Å². The fraction of sp³-hybridized carbons (Fsp3) is 1.00. The highest BCUT2D eigenvalue weighted by Gasteiger charge is 2.53. The van der Waals surface area contributed by atoms with Crippen molar-refractivity contribution in [3.63, 3.8) is 0 Å². The minimum absolute atomic E-state index is 0.612. The van der Waals surface area contributed by atoms with Crippen molar-refractivity contribution in [3.05, 3.63) is 0 Å². The van der Waals surface area contributed by atoms with Gasteiger partial charge in [-0.05, 0) is 43.7 Å². The van der Waals surface area contributed by atoms with E-state index < -0.39 is 0 Å². The largest absolute Gasteiger partial charge is 0.381 e. The molecule has 2 aliphatic rings. The van der Waals surface area contributed by atoms with Gasteiger partial charge in [-0.3, -0.25) is 0 Å². The van der Waals surface area contributed by atoms with Gasteiger partial charge in [-0.2, -0.15) is 0 Å². The average molecular weight is 169 g/mol. The molecule has 1 aliphatic carbocycles. The molecule has 2 rings (SSSR count). The maximum absolute atomic E-state index is 5.53. The van der Waals surface area contributed by atoms with Crippen molar-refractivity contribution in [1.82, 2.24) is 5.32 Å². The minimum atomic E-state index is 0.612. The summed E-state index contributed by atoms with van der Waals surface area (Å²) >= 11 is 0. The molecular weight excluding hydrogens is 150 g/mol. The molecule has 2 atom stereocenters. The second-order valence-corrected chi connectivity index (χ2v) is 4.23. The summed E-state index contributed by atoms with van der Waals surface area (Å²) in [6.07, 6.45) is 4.09. The molecule has 2 heteroatoms. The molecule has 0 bridgehead atoms. The zero-order valence-electron chi connectivity index (χ0n) is 7.94. The minimum Gasteiger partial charge on any atom is -0.381 e. The standard InChI is InChI=1S/C10H19NO/c1-2-11-7-9-6-10(9)4-3-5-12-8-10/h9,11H,2-8H2,1H3. The third-order valence-corrected chi connectivity index (χ3v) is 3.35. The van der Waals surface area contributed by atoms with Crippen molar-refractivity contribution in [2.75, 3.05) is 26.3 Å². The summed E-state index contributed by atoms with van der Waals surface area (Å²) in [6, 6.07) is 0. The number of nitrogens with one attached hydrogen (secondary N) is 1. The van der Waals surface area contributed by atoms with E-state index in [9.17, 15) is 0 Å². The molecule has 0 aromatic carbocycles. The smallest absolute Gasteiger partial charge is 0.0525 e. The van der Waals surface area contributed by atoms with Crippen molar-refractivity contribution in [3.8, 4) is 0 Å². The van der Waals surface area contributed by atoms with Crippen LogP contribution in [-0.4, -0.2) is 26.3 Å². The molecule has 2 unspecified atom stereocenters. The maximum atomic E-state index is 5.53. The second-order valence-electron chi connectivity index (χ2n) is 4.23. The van der Waals surface area contributed by atoms with Crippen molar-refractivity contribution in [2.24, 2.45) is 11.3 Å². The number of hydrogen-bond donors (Lipinski definition) is 1. The van der Waals surface area contributed by atoms with Crippen LogP contribution in [0.2, 0.25) is 0 Å². The Morgan fingerprint density at radius 1 is 1.58 bits per heavy atom. The first-order valence-corrected chi connectivity index (χ1v) is 5.16. The van der Waals surface area contributed by atoms with Crippen LogP contribution in [0.4, 0.5) is 0 Å². The van der Waals surface area contributed by atoms with Crippen LogP contribution in [0.5, 0.6) is 0 Å². The van der Waals surface area contributed by atoms with Gasteiger partial charge in [0.2, 0.25) is 0 Å². The van der Waals surface area contributed by atoms with E-state index in [1.807, 2.05) is 0 Å². The third kappa shape index (κ3) is 1.50. The van der Waals surface area contributed by atoms with Gasteiger partial charge in [-0.15, -0.1) is 0 Å². The number of hydrogen-bond acceptors (Lipinski definition) is 2. The first-order valence-electron chi connectivity index (χ1n) is 5.16. The van der Waals surface area contributed by atoms with E-state index in [1.54, 1.807) is 0 Å². The molecule has 0 amide bonds. The normalized spacial score (nSPS) is 40.2. The topological polar surface area (TPSA) is 21.3 Å². The predicted octanol–water partition coefficient (Wildman–Crippen LogP) is 1.41. The maximum Gasteiger partial charge on any atom is 0.0525 e. The molecule has 0 radical (unpaired) electrons. The Hall–Kier alpha value is -0.0800. The fourth-order valence-electron chi connectivity index (χ4n) is 2.40. The van der Waals surface area contributed by atoms with Crippen LogP contribution in [0.25, 0.3) is 0 Å². The van der Waals surface area contributed by atoms with Gasteiger partial charge in [0.1, 0.15) is 0 Å². The van der Waals surface area contributed by atoms with Gasteiger partial charge in [0.05, 0.1) is 6.61 Å². The highest BCUT2D eigenvalue weighted by atomic mass is 16.5. The first-order chi connectivity index (χ1) is 5.87. The van der Waals surface area contributed by atoms with E-state index in [-0.39, 0.29) is 0 Å². The lowest BCUT2D eigenvalue weighted by Gasteiger charge is -2.22. The van der Waals surface area contributed by atoms with Gasteiger partial charge in [0, 0.05) is 6.61 Å². The zero-order valence-corrected chi connectivity index (χ0v) is 7.94. The van der Waals surface area contributed by atoms with Gasteiger partial charge < -0.3 is 10.1 Å². The summed E-state index contributed by atoms with van der Waals surface area (Å²) in [5.41, 5.74) is 0.612. The summed E-state index contributed by atoms with van der Waals surface area (Å²) in [6.45, 7) is 6.51. The highest BCUT2D eigenvalue weighted by molar-refractivity contribution is 5.03. The average Bonchev–Trinajstić information content (AvgIpc) is 2.77. The van der Waals surface area contributed by atoms with Crippen molar-refractivity contribution < 1.29 is 4.74 Å². The van der Waals surface area contributed by atoms with Crippen LogP contribution >= 0.6 is 0 Å². The lowest BCUT2D eigenvalue weighted by Crippen LogP contribution is -2.25. The summed E-state index contributed by atoms with van der Waals surface area (Å²) in [7, 11) is 0. The summed E-state index contributed by atoms with van der Waals surface area (Å²) < 4.78 is 5.53. The monoisotopic (exact) mass is 169 g/mol. The van der Waals surface area contributed by atoms with Gasteiger partial charge in [-0.1, -0.05) is 6.92 Å². The fourth-order valence-corrected chi connectivity index (χ4v) is 2.40. The second kappa shape index (κ2) is 3.35. The van der Waals surface area contributed by atoms with Crippen LogP contribution in [0.15, 0.2) is 0 Å². The molecule has 1 N–H and O–H groups in total. The Bertz CT molecular complexity index is 150. The molecular formula is C10H19NO. The van der Waals surface area contributed by atoms with E-state index in [0.717, 1.165) is 25.7 Å². The van der Waals surface area contributed by atoms with Crippen molar-refractivity contribution >= 4 is 0 Å². The molecule has 12 heavy (non-hydrogen) atoms. The molecule has 1 spiro atoms. The van der Waals surface area contributed by atoms with E-state index in [2.05, 4.69) is 12.2 Å². The highest BCUT2D eigenvalue weighted by Crippen LogP contribution is 2.56. The van der Waals surface area contributed by atoms with Gasteiger partial charge >= 0.3 is 0 Å². The zero-order chi connectivity index (χ0) is 8.44. The number of rotatable bonds is 3. The molecule has 1 heterocycles. The summed E-state index contributed by atoms with van der Waals surface area (Å²) in [5.74, 6) is 0.915. The Kier molecular flexibility index (Phi) is 2.37. The van der Waals surface area contributed by atoms with Crippen molar-refractivity contribution in [1.29, 1.82) is 0 Å². The van der Waals surface area contributed by atoms with Gasteiger partial charge in [0.25, 0.3) is 0 Å². The molecule has 2 nitrogen and oxygen atoms in total. The molecule has 1 saturated heterocycles. The Morgan fingerprint density at radius 2 is 2.50 bits per heavy atom. The lowest BCUT2D eigenvalue weighted by molar-refractivity contribution is 0.0363.